The Morgan fingerprint density at radius 3 is 2.28 bits per heavy atom. The molecule has 1 aliphatic rings. The highest BCUT2D eigenvalue weighted by atomic mass is 35.5. The lowest BCUT2D eigenvalue weighted by molar-refractivity contribution is -0.141. The molecule has 2 aromatic rings. The number of aliphatic carboxylic acids is 1. The summed E-state index contributed by atoms with van der Waals surface area (Å²) in [6.45, 7) is 0.848. The van der Waals surface area contributed by atoms with Crippen LogP contribution in [0.2, 0.25) is 5.02 Å². The van der Waals surface area contributed by atoms with Crippen LogP contribution >= 0.6 is 11.6 Å². The molecule has 9 nitrogen and oxygen atoms in total. The standard InChI is InChI=1S/C25H23ClF4N2O7/c1-12-2-3-14(26)19(8-12)39-25(37)32-6-4-13(5-7-32)24(36)31-17(10-20(34)35)18(33)11-38-23-21(29)15(27)9-16(28)22(23)30/h2-3,8-9,13,17H,4-7,10-11H2,1H3,(H,31,36)(H,34,35)/t17-/m0/s1. The van der Waals surface area contributed by atoms with E-state index in [9.17, 15) is 36.7 Å². The van der Waals surface area contributed by atoms with E-state index in [0.717, 1.165) is 5.56 Å². The number of carboxylic acid groups (broad SMARTS) is 1. The zero-order valence-corrected chi connectivity index (χ0v) is 21.2. The van der Waals surface area contributed by atoms with Crippen LogP contribution in [0.4, 0.5) is 22.4 Å². The van der Waals surface area contributed by atoms with Crippen LogP contribution < -0.4 is 14.8 Å². The van der Waals surface area contributed by atoms with Crippen molar-refractivity contribution in [2.24, 2.45) is 5.92 Å². The minimum absolute atomic E-state index is 0.0461. The number of halogens is 5. The average Bonchev–Trinajstić information content (AvgIpc) is 2.88. The molecule has 0 radical (unpaired) electrons. The summed E-state index contributed by atoms with van der Waals surface area (Å²) in [4.78, 5) is 50.3. The molecule has 3 rings (SSSR count). The Balaban J connectivity index is 1.57. The number of piperidine rings is 1. The minimum Gasteiger partial charge on any atom is -0.481 e. The highest BCUT2D eigenvalue weighted by molar-refractivity contribution is 6.32. The fourth-order valence-electron chi connectivity index (χ4n) is 3.80. The molecule has 0 bridgehead atoms. The van der Waals surface area contributed by atoms with Crippen LogP contribution in [0, 0.1) is 36.1 Å². The van der Waals surface area contributed by atoms with Gasteiger partial charge in [0.2, 0.25) is 17.5 Å². The Morgan fingerprint density at radius 1 is 1.08 bits per heavy atom. The van der Waals surface area contributed by atoms with Crippen molar-refractivity contribution in [1.82, 2.24) is 10.2 Å². The molecule has 1 atom stereocenters. The molecule has 0 aromatic heterocycles. The van der Waals surface area contributed by atoms with E-state index in [1.54, 1.807) is 25.1 Å². The number of carbonyl (C=O) groups excluding carboxylic acids is 3. The second-order valence-electron chi connectivity index (χ2n) is 8.77. The van der Waals surface area contributed by atoms with Crippen molar-refractivity contribution in [3.05, 3.63) is 58.1 Å². The lowest BCUT2D eigenvalue weighted by Crippen LogP contribution is -2.49. The van der Waals surface area contributed by atoms with Crippen molar-refractivity contribution in [3.63, 3.8) is 0 Å². The largest absolute Gasteiger partial charge is 0.481 e. The minimum atomic E-state index is -1.88. The first-order valence-corrected chi connectivity index (χ1v) is 12.0. The summed E-state index contributed by atoms with van der Waals surface area (Å²) in [7, 11) is 0. The van der Waals surface area contributed by atoms with Gasteiger partial charge in [-0.25, -0.2) is 13.6 Å². The molecule has 1 fully saturated rings. The molecule has 2 amide bonds. The van der Waals surface area contributed by atoms with E-state index in [1.165, 1.54) is 4.90 Å². The van der Waals surface area contributed by atoms with Crippen LogP contribution in [0.1, 0.15) is 24.8 Å². The highest BCUT2D eigenvalue weighted by Crippen LogP contribution is 2.28. The first-order valence-electron chi connectivity index (χ1n) is 11.6. The van der Waals surface area contributed by atoms with Crippen LogP contribution in [0.5, 0.6) is 11.5 Å². The van der Waals surface area contributed by atoms with Crippen molar-refractivity contribution in [3.8, 4) is 11.5 Å². The number of ketones is 1. The maximum absolute atomic E-state index is 13.8. The van der Waals surface area contributed by atoms with Crippen LogP contribution in [0.3, 0.4) is 0 Å². The van der Waals surface area contributed by atoms with Gasteiger partial charge in [0.15, 0.2) is 28.9 Å². The molecule has 2 N–H and O–H groups in total. The summed E-state index contributed by atoms with van der Waals surface area (Å²) in [5.41, 5.74) is 0.826. The Hall–Kier alpha value is -3.87. The van der Waals surface area contributed by atoms with Crippen molar-refractivity contribution in [2.45, 2.75) is 32.2 Å². The molecule has 39 heavy (non-hydrogen) atoms. The van der Waals surface area contributed by atoms with E-state index < -0.39 is 77.8 Å². The maximum atomic E-state index is 13.8. The van der Waals surface area contributed by atoms with E-state index in [-0.39, 0.29) is 42.8 Å². The number of carbonyl (C=O) groups is 4. The molecule has 0 aliphatic carbocycles. The second-order valence-corrected chi connectivity index (χ2v) is 9.18. The highest BCUT2D eigenvalue weighted by Gasteiger charge is 2.32. The second kappa shape index (κ2) is 12.8. The SMILES string of the molecule is Cc1ccc(Cl)c(OC(=O)N2CCC(C(=O)N[C@@H](CC(=O)O)C(=O)COc3c(F)c(F)cc(F)c3F)CC2)c1. The van der Waals surface area contributed by atoms with Gasteiger partial charge in [-0.1, -0.05) is 17.7 Å². The number of hydrogen-bond acceptors (Lipinski definition) is 6. The monoisotopic (exact) mass is 574 g/mol. The van der Waals surface area contributed by atoms with Gasteiger partial charge in [-0.05, 0) is 37.5 Å². The number of nitrogens with zero attached hydrogens (tertiary/aromatic N) is 1. The molecular weight excluding hydrogens is 552 g/mol. The van der Waals surface area contributed by atoms with Crippen molar-refractivity contribution < 1.29 is 51.3 Å². The number of amides is 2. The first kappa shape index (κ1) is 29.7. The molecular formula is C25H23ClF4N2O7. The van der Waals surface area contributed by atoms with Gasteiger partial charge in [0, 0.05) is 25.1 Å². The Bertz CT molecular complexity index is 1260. The lowest BCUT2D eigenvalue weighted by atomic mass is 9.95. The van der Waals surface area contributed by atoms with E-state index >= 15 is 0 Å². The number of benzene rings is 2. The van der Waals surface area contributed by atoms with E-state index in [0.29, 0.717) is 0 Å². The van der Waals surface area contributed by atoms with Gasteiger partial charge in [-0.15, -0.1) is 0 Å². The molecule has 2 aromatic carbocycles. The van der Waals surface area contributed by atoms with Crippen molar-refractivity contribution in [1.29, 1.82) is 0 Å². The summed E-state index contributed by atoms with van der Waals surface area (Å²) in [5.74, 6) is -12.6. The predicted molar refractivity (Wildman–Crippen MR) is 127 cm³/mol. The summed E-state index contributed by atoms with van der Waals surface area (Å²) < 4.78 is 64.2. The van der Waals surface area contributed by atoms with Gasteiger partial charge in [-0.2, -0.15) is 8.78 Å². The van der Waals surface area contributed by atoms with Crippen LogP contribution in [-0.2, 0) is 14.4 Å². The molecule has 0 spiro atoms. The number of ether oxygens (including phenoxy) is 2. The van der Waals surface area contributed by atoms with Crippen LogP contribution in [-0.4, -0.2) is 59.5 Å². The zero-order valence-electron chi connectivity index (χ0n) is 20.4. The lowest BCUT2D eigenvalue weighted by Gasteiger charge is -2.31. The van der Waals surface area contributed by atoms with E-state index in [1.807, 2.05) is 0 Å². The number of aryl methyl sites for hydroxylation is 1. The predicted octanol–water partition coefficient (Wildman–Crippen LogP) is 4.02. The summed E-state index contributed by atoms with van der Waals surface area (Å²) in [6.07, 6.45) is -1.25. The third-order valence-corrected chi connectivity index (χ3v) is 6.23. The number of Topliss-reactive ketones (excluding diaryl/α,β-unsaturated/α-hetero) is 1. The number of hydrogen-bond donors (Lipinski definition) is 2. The van der Waals surface area contributed by atoms with E-state index in [2.05, 4.69) is 10.1 Å². The Kier molecular flexibility index (Phi) is 9.73. The van der Waals surface area contributed by atoms with Crippen molar-refractivity contribution >= 4 is 35.4 Å². The number of likely N-dealkylation sites (tertiary alicyclic amines) is 1. The molecule has 1 saturated heterocycles. The third kappa shape index (κ3) is 7.59. The summed E-state index contributed by atoms with van der Waals surface area (Å²) >= 11 is 6.04. The molecule has 14 heteroatoms. The maximum Gasteiger partial charge on any atom is 0.415 e. The summed E-state index contributed by atoms with van der Waals surface area (Å²) in [6, 6.07) is 3.22. The van der Waals surface area contributed by atoms with Gasteiger partial charge in [-0.3, -0.25) is 14.4 Å². The fraction of sp³-hybridized carbons (Fsp3) is 0.360. The molecule has 0 unspecified atom stereocenters. The van der Waals surface area contributed by atoms with Gasteiger partial charge in [0.25, 0.3) is 0 Å². The fourth-order valence-corrected chi connectivity index (χ4v) is 3.96. The van der Waals surface area contributed by atoms with E-state index in [4.69, 9.17) is 21.4 Å². The topological polar surface area (TPSA) is 122 Å². The Morgan fingerprint density at radius 2 is 1.69 bits per heavy atom. The molecule has 0 saturated carbocycles. The summed E-state index contributed by atoms with van der Waals surface area (Å²) in [5, 5.41) is 11.6. The van der Waals surface area contributed by atoms with Crippen LogP contribution in [0.15, 0.2) is 24.3 Å². The van der Waals surface area contributed by atoms with Gasteiger partial charge < -0.3 is 24.8 Å². The number of carboxylic acids is 1. The Labute approximate surface area is 224 Å². The molecule has 1 aliphatic heterocycles. The van der Waals surface area contributed by atoms with Gasteiger partial charge in [0.1, 0.15) is 12.6 Å². The van der Waals surface area contributed by atoms with Crippen LogP contribution in [0.25, 0.3) is 0 Å². The molecule has 1 heterocycles. The average molecular weight is 575 g/mol. The smallest absolute Gasteiger partial charge is 0.415 e. The van der Waals surface area contributed by atoms with Gasteiger partial charge >= 0.3 is 12.1 Å². The van der Waals surface area contributed by atoms with Gasteiger partial charge in [0.05, 0.1) is 11.4 Å². The first-order chi connectivity index (χ1) is 18.4. The normalized spacial score (nSPS) is 14.5. The molecule has 210 valence electrons. The zero-order chi connectivity index (χ0) is 28.9. The number of nitrogens with one attached hydrogen (secondary N) is 1. The van der Waals surface area contributed by atoms with Crippen molar-refractivity contribution in [2.75, 3.05) is 19.7 Å². The quantitative estimate of drug-likeness (QED) is 0.343. The number of rotatable bonds is 9. The third-order valence-electron chi connectivity index (χ3n) is 5.92.